The van der Waals surface area contributed by atoms with Crippen LogP contribution in [0.15, 0.2) is 60.8 Å². The molecule has 5 rings (SSSR count). The number of urea groups is 1. The third-order valence-electron chi connectivity index (χ3n) is 6.22. The fourth-order valence-corrected chi connectivity index (χ4v) is 4.52. The van der Waals surface area contributed by atoms with Gasteiger partial charge >= 0.3 is 6.03 Å². The number of halogens is 1. The number of amides is 4. The van der Waals surface area contributed by atoms with E-state index in [1.165, 1.54) is 0 Å². The molecular weight excluding hydrogens is 442 g/mol. The van der Waals surface area contributed by atoms with E-state index in [0.717, 1.165) is 11.1 Å². The fourth-order valence-electron chi connectivity index (χ4n) is 4.39. The summed E-state index contributed by atoms with van der Waals surface area (Å²) in [5, 5.41) is 10.3. The zero-order chi connectivity index (χ0) is 23.0. The van der Waals surface area contributed by atoms with E-state index in [4.69, 9.17) is 16.7 Å². The molecule has 2 fully saturated rings. The quantitative estimate of drug-likeness (QED) is 0.581. The summed E-state index contributed by atoms with van der Waals surface area (Å²) < 4.78 is 1.77. The van der Waals surface area contributed by atoms with Gasteiger partial charge in [0.05, 0.1) is 12.1 Å². The predicted octanol–water partition coefficient (Wildman–Crippen LogP) is 3.07. The van der Waals surface area contributed by atoms with E-state index in [2.05, 4.69) is 10.6 Å². The molecule has 1 aromatic heterocycles. The molecule has 2 aliphatic rings. The number of imide groups is 1. The monoisotopic (exact) mass is 463 g/mol. The number of hydrogen-bond acceptors (Lipinski definition) is 4. The smallest absolute Gasteiger partial charge is 0.322 e. The molecule has 0 atom stereocenters. The summed E-state index contributed by atoms with van der Waals surface area (Å²) in [6.45, 7) is 1.25. The Hall–Kier alpha value is -3.65. The van der Waals surface area contributed by atoms with E-state index in [0.29, 0.717) is 48.8 Å². The van der Waals surface area contributed by atoms with Crippen molar-refractivity contribution < 1.29 is 14.4 Å². The van der Waals surface area contributed by atoms with Gasteiger partial charge in [-0.05, 0) is 30.5 Å². The van der Waals surface area contributed by atoms with Gasteiger partial charge in [0.1, 0.15) is 11.2 Å². The standard InChI is InChI=1S/C24H22ClN5O3/c25-18-8-6-17(7-9-18)20-19(15-30(28-20)14-16-4-2-1-3-5-16)21(31)29-12-10-24(11-13-29)22(32)26-23(33)27-24/h1-9,15H,10-14H2,(H2,26,27,32,33). The summed E-state index contributed by atoms with van der Waals surface area (Å²) in [6, 6.07) is 16.7. The first kappa shape index (κ1) is 21.2. The maximum atomic E-state index is 13.5. The summed E-state index contributed by atoms with van der Waals surface area (Å²) in [6.07, 6.45) is 2.50. The lowest BCUT2D eigenvalue weighted by Crippen LogP contribution is -2.55. The summed E-state index contributed by atoms with van der Waals surface area (Å²) in [4.78, 5) is 39.1. The van der Waals surface area contributed by atoms with Crippen LogP contribution in [0.4, 0.5) is 4.79 Å². The van der Waals surface area contributed by atoms with Crippen molar-refractivity contribution in [3.8, 4) is 11.3 Å². The number of hydrogen-bond donors (Lipinski definition) is 2. The van der Waals surface area contributed by atoms with E-state index in [9.17, 15) is 14.4 Å². The number of aromatic nitrogens is 2. The molecule has 168 valence electrons. The summed E-state index contributed by atoms with van der Waals surface area (Å²) >= 11 is 6.05. The van der Waals surface area contributed by atoms with E-state index in [1.54, 1.807) is 27.9 Å². The number of nitrogens with zero attached hydrogens (tertiary/aromatic N) is 3. The fraction of sp³-hybridized carbons (Fsp3) is 0.250. The summed E-state index contributed by atoms with van der Waals surface area (Å²) in [5.74, 6) is -0.476. The molecule has 8 nitrogen and oxygen atoms in total. The minimum absolute atomic E-state index is 0.154. The normalized spacial score (nSPS) is 17.2. The van der Waals surface area contributed by atoms with Crippen LogP contribution in [-0.4, -0.2) is 51.2 Å². The van der Waals surface area contributed by atoms with Crippen LogP contribution in [0, 0.1) is 0 Å². The van der Waals surface area contributed by atoms with Crippen LogP contribution in [0.2, 0.25) is 5.02 Å². The minimum atomic E-state index is -0.926. The van der Waals surface area contributed by atoms with Gasteiger partial charge in [0.15, 0.2) is 0 Å². The second-order valence-corrected chi connectivity index (χ2v) is 8.80. The molecule has 0 unspecified atom stereocenters. The van der Waals surface area contributed by atoms with Crippen molar-refractivity contribution in [2.45, 2.75) is 24.9 Å². The number of nitrogens with one attached hydrogen (secondary N) is 2. The van der Waals surface area contributed by atoms with Crippen LogP contribution < -0.4 is 10.6 Å². The van der Waals surface area contributed by atoms with Crippen LogP contribution in [0.3, 0.4) is 0 Å². The Bertz CT molecular complexity index is 1210. The first-order chi connectivity index (χ1) is 15.9. The number of carbonyl (C=O) groups is 3. The molecular formula is C24H22ClN5O3. The molecule has 33 heavy (non-hydrogen) atoms. The van der Waals surface area contributed by atoms with Crippen molar-refractivity contribution in [1.29, 1.82) is 0 Å². The molecule has 2 N–H and O–H groups in total. The third-order valence-corrected chi connectivity index (χ3v) is 6.47. The SMILES string of the molecule is O=C1NC(=O)C2(CCN(C(=O)c3cn(Cc4ccccc4)nc3-c3ccc(Cl)cc3)CC2)N1. The highest BCUT2D eigenvalue weighted by Crippen LogP contribution is 2.29. The lowest BCUT2D eigenvalue weighted by molar-refractivity contribution is -0.125. The summed E-state index contributed by atoms with van der Waals surface area (Å²) in [5.41, 5.74) is 2.02. The average molecular weight is 464 g/mol. The molecule has 3 aromatic rings. The second kappa shape index (κ2) is 8.37. The average Bonchev–Trinajstić information content (AvgIpc) is 3.35. The van der Waals surface area contributed by atoms with Crippen LogP contribution in [0.25, 0.3) is 11.3 Å². The number of rotatable bonds is 4. The van der Waals surface area contributed by atoms with Crippen molar-refractivity contribution in [2.75, 3.05) is 13.1 Å². The highest BCUT2D eigenvalue weighted by Gasteiger charge is 2.48. The van der Waals surface area contributed by atoms with Gasteiger partial charge in [-0.15, -0.1) is 0 Å². The molecule has 9 heteroatoms. The van der Waals surface area contributed by atoms with Gasteiger partial charge in [-0.2, -0.15) is 5.10 Å². The molecule has 0 radical (unpaired) electrons. The van der Waals surface area contributed by atoms with Gasteiger partial charge in [-0.25, -0.2) is 4.79 Å². The van der Waals surface area contributed by atoms with Crippen LogP contribution in [-0.2, 0) is 11.3 Å². The highest BCUT2D eigenvalue weighted by atomic mass is 35.5. The molecule has 0 bridgehead atoms. The molecule has 2 aliphatic heterocycles. The van der Waals surface area contributed by atoms with Crippen molar-refractivity contribution in [1.82, 2.24) is 25.3 Å². The zero-order valence-electron chi connectivity index (χ0n) is 17.8. The molecule has 2 saturated heterocycles. The Morgan fingerprint density at radius 1 is 1.03 bits per heavy atom. The van der Waals surface area contributed by atoms with Gasteiger partial charge in [-0.3, -0.25) is 19.6 Å². The van der Waals surface area contributed by atoms with Gasteiger partial charge in [0, 0.05) is 29.9 Å². The molecule has 2 aromatic carbocycles. The maximum absolute atomic E-state index is 13.5. The van der Waals surface area contributed by atoms with Crippen LogP contribution >= 0.6 is 11.6 Å². The van der Waals surface area contributed by atoms with E-state index in [-0.39, 0.29) is 11.8 Å². The van der Waals surface area contributed by atoms with Crippen molar-refractivity contribution >= 4 is 29.4 Å². The topological polar surface area (TPSA) is 96.3 Å². The van der Waals surface area contributed by atoms with Crippen molar-refractivity contribution in [3.05, 3.63) is 76.9 Å². The largest absolute Gasteiger partial charge is 0.338 e. The maximum Gasteiger partial charge on any atom is 0.322 e. The van der Waals surface area contributed by atoms with Crippen LogP contribution in [0.5, 0.6) is 0 Å². The second-order valence-electron chi connectivity index (χ2n) is 8.36. The number of likely N-dealkylation sites (tertiary alicyclic amines) is 1. The Kier molecular flexibility index (Phi) is 5.38. The number of carbonyl (C=O) groups excluding carboxylic acids is 3. The van der Waals surface area contributed by atoms with Crippen molar-refractivity contribution in [2.24, 2.45) is 0 Å². The van der Waals surface area contributed by atoms with E-state index >= 15 is 0 Å². The van der Waals surface area contributed by atoms with Crippen LogP contribution in [0.1, 0.15) is 28.8 Å². The molecule has 1 spiro atoms. The summed E-state index contributed by atoms with van der Waals surface area (Å²) in [7, 11) is 0. The first-order valence-electron chi connectivity index (χ1n) is 10.7. The minimum Gasteiger partial charge on any atom is -0.338 e. The molecule has 0 aliphatic carbocycles. The number of piperidine rings is 1. The molecule has 3 heterocycles. The number of benzene rings is 2. The Morgan fingerprint density at radius 2 is 1.73 bits per heavy atom. The first-order valence-corrected chi connectivity index (χ1v) is 11.1. The van der Waals surface area contributed by atoms with E-state index in [1.807, 2.05) is 42.5 Å². The third kappa shape index (κ3) is 4.09. The lowest BCUT2D eigenvalue weighted by Gasteiger charge is -2.36. The molecule has 4 amide bonds. The Labute approximate surface area is 195 Å². The van der Waals surface area contributed by atoms with E-state index < -0.39 is 11.6 Å². The highest BCUT2D eigenvalue weighted by molar-refractivity contribution is 6.30. The zero-order valence-corrected chi connectivity index (χ0v) is 18.5. The van der Waals surface area contributed by atoms with Crippen molar-refractivity contribution in [3.63, 3.8) is 0 Å². The van der Waals surface area contributed by atoms with Gasteiger partial charge in [0.2, 0.25) is 0 Å². The Morgan fingerprint density at radius 3 is 2.36 bits per heavy atom. The lowest BCUT2D eigenvalue weighted by atomic mass is 9.87. The Balaban J connectivity index is 1.42. The van der Waals surface area contributed by atoms with Gasteiger partial charge < -0.3 is 10.2 Å². The van der Waals surface area contributed by atoms with Gasteiger partial charge in [-0.1, -0.05) is 54.1 Å². The molecule has 0 saturated carbocycles. The van der Waals surface area contributed by atoms with Gasteiger partial charge in [0.25, 0.3) is 11.8 Å². The predicted molar refractivity (Wildman–Crippen MR) is 123 cm³/mol.